The first-order valence-electron chi connectivity index (χ1n) is 11.7. The van der Waals surface area contributed by atoms with Crippen LogP contribution in [0.5, 0.6) is 11.5 Å². The number of anilines is 4. The number of methoxy groups -OCH3 is 2. The van der Waals surface area contributed by atoms with Gasteiger partial charge in [0.25, 0.3) is 0 Å². The molecule has 1 aliphatic rings. The highest BCUT2D eigenvalue weighted by Crippen LogP contribution is 2.56. The van der Waals surface area contributed by atoms with Crippen molar-refractivity contribution in [2.24, 2.45) is 0 Å². The number of aryl methyl sites for hydroxylation is 3. The summed E-state index contributed by atoms with van der Waals surface area (Å²) in [5.74, 6) is 1.77. The Kier molecular flexibility index (Phi) is 6.15. The summed E-state index contributed by atoms with van der Waals surface area (Å²) < 4.78 is 12.1. The highest BCUT2D eigenvalue weighted by Gasteiger charge is 2.37. The molecule has 0 fully saturated rings. The lowest BCUT2D eigenvalue weighted by Crippen LogP contribution is -2.26. The molecule has 34 heavy (non-hydrogen) atoms. The second-order valence-electron chi connectivity index (χ2n) is 9.75. The van der Waals surface area contributed by atoms with Crippen molar-refractivity contribution in [2.45, 2.75) is 26.7 Å². The van der Waals surface area contributed by atoms with Crippen LogP contribution in [0.25, 0.3) is 0 Å². The third-order valence-electron chi connectivity index (χ3n) is 7.01. The number of nitrogens with zero attached hydrogens (tertiary/aromatic N) is 3. The van der Waals surface area contributed by atoms with Gasteiger partial charge in [0, 0.05) is 75.8 Å². The lowest BCUT2D eigenvalue weighted by Gasteiger charge is -2.39. The van der Waals surface area contributed by atoms with Crippen molar-refractivity contribution in [2.75, 3.05) is 64.2 Å². The molecule has 1 heterocycles. The van der Waals surface area contributed by atoms with Gasteiger partial charge in [-0.1, -0.05) is 17.7 Å². The predicted octanol–water partition coefficient (Wildman–Crippen LogP) is 6.02. The fourth-order valence-electron chi connectivity index (χ4n) is 5.39. The maximum Gasteiger partial charge on any atom is 0.127 e. The molecule has 0 N–H and O–H groups in total. The predicted molar refractivity (Wildman–Crippen MR) is 144 cm³/mol. The topological polar surface area (TPSA) is 28.2 Å². The summed E-state index contributed by atoms with van der Waals surface area (Å²) in [7, 11) is 13.9. The van der Waals surface area contributed by atoms with E-state index < -0.39 is 0 Å². The number of fused-ring (bicyclic) bond motifs is 2. The molecule has 0 aromatic heterocycles. The average molecular weight is 460 g/mol. The number of hydrogen-bond donors (Lipinski definition) is 0. The molecule has 3 aromatic carbocycles. The molecule has 3 aromatic rings. The summed E-state index contributed by atoms with van der Waals surface area (Å²) >= 11 is 0. The first-order chi connectivity index (χ1) is 16.1. The minimum absolute atomic E-state index is 0.0147. The van der Waals surface area contributed by atoms with Gasteiger partial charge in [0.2, 0.25) is 0 Å². The van der Waals surface area contributed by atoms with Crippen molar-refractivity contribution < 1.29 is 9.47 Å². The largest absolute Gasteiger partial charge is 0.496 e. The smallest absolute Gasteiger partial charge is 0.127 e. The van der Waals surface area contributed by atoms with Crippen molar-refractivity contribution in [1.29, 1.82) is 0 Å². The van der Waals surface area contributed by atoms with Gasteiger partial charge in [0.1, 0.15) is 11.5 Å². The van der Waals surface area contributed by atoms with Gasteiger partial charge in [-0.15, -0.1) is 0 Å². The van der Waals surface area contributed by atoms with Crippen LogP contribution in [0.1, 0.15) is 39.3 Å². The molecule has 4 rings (SSSR count). The van der Waals surface area contributed by atoms with Crippen LogP contribution in [-0.2, 0) is 0 Å². The zero-order valence-corrected chi connectivity index (χ0v) is 22.2. The van der Waals surface area contributed by atoms with Crippen molar-refractivity contribution in [3.05, 3.63) is 69.8 Å². The van der Waals surface area contributed by atoms with Crippen molar-refractivity contribution in [1.82, 2.24) is 0 Å². The Hall–Kier alpha value is -3.34. The van der Waals surface area contributed by atoms with E-state index in [1.165, 1.54) is 33.4 Å². The van der Waals surface area contributed by atoms with E-state index in [1.54, 1.807) is 14.2 Å². The average Bonchev–Trinajstić information content (AvgIpc) is 2.78. The Labute approximate surface area is 204 Å². The summed E-state index contributed by atoms with van der Waals surface area (Å²) in [6, 6.07) is 13.4. The van der Waals surface area contributed by atoms with Crippen LogP contribution in [0, 0.1) is 20.8 Å². The van der Waals surface area contributed by atoms with Gasteiger partial charge < -0.3 is 24.2 Å². The number of rotatable bonds is 5. The van der Waals surface area contributed by atoms with Crippen LogP contribution < -0.4 is 24.2 Å². The number of benzene rings is 3. The third kappa shape index (κ3) is 3.73. The molecule has 5 nitrogen and oxygen atoms in total. The maximum atomic E-state index is 6.06. The van der Waals surface area contributed by atoms with Crippen LogP contribution >= 0.6 is 0 Å². The second-order valence-corrected chi connectivity index (χ2v) is 9.75. The van der Waals surface area contributed by atoms with Crippen LogP contribution in [0.15, 0.2) is 36.4 Å². The minimum Gasteiger partial charge on any atom is -0.496 e. The summed E-state index contributed by atoms with van der Waals surface area (Å²) in [5, 5.41) is 0. The zero-order valence-electron chi connectivity index (χ0n) is 22.2. The van der Waals surface area contributed by atoms with E-state index in [0.29, 0.717) is 0 Å². The van der Waals surface area contributed by atoms with Gasteiger partial charge in [0.05, 0.1) is 25.6 Å². The van der Waals surface area contributed by atoms with Crippen LogP contribution in [0.3, 0.4) is 0 Å². The van der Waals surface area contributed by atoms with Gasteiger partial charge in [-0.2, -0.15) is 0 Å². The monoisotopic (exact) mass is 459 g/mol. The molecular weight excluding hydrogens is 422 g/mol. The SMILES string of the molecule is COc1cc(N(C)C)cc2c1C(c1c(C)cc(C)cc1C)c1c(OC)cc(N(C)C)cc1N2C. The summed E-state index contributed by atoms with van der Waals surface area (Å²) in [4.78, 5) is 6.53. The third-order valence-corrected chi connectivity index (χ3v) is 7.01. The van der Waals surface area contributed by atoms with E-state index in [-0.39, 0.29) is 5.92 Å². The Bertz CT molecular complexity index is 1160. The van der Waals surface area contributed by atoms with E-state index in [2.05, 4.69) is 107 Å². The fourth-order valence-corrected chi connectivity index (χ4v) is 5.39. The quantitative estimate of drug-likeness (QED) is 0.465. The normalized spacial score (nSPS) is 12.8. The van der Waals surface area contributed by atoms with E-state index in [9.17, 15) is 0 Å². The van der Waals surface area contributed by atoms with Gasteiger partial charge in [-0.05, 0) is 49.6 Å². The molecule has 0 atom stereocenters. The molecule has 0 saturated heterocycles. The lowest BCUT2D eigenvalue weighted by atomic mass is 9.75. The lowest BCUT2D eigenvalue weighted by molar-refractivity contribution is 0.402. The Balaban J connectivity index is 2.17. The molecule has 0 radical (unpaired) electrons. The molecule has 0 saturated carbocycles. The zero-order chi connectivity index (χ0) is 24.9. The summed E-state index contributed by atoms with van der Waals surface area (Å²) in [6.45, 7) is 6.59. The van der Waals surface area contributed by atoms with Crippen LogP contribution in [0.2, 0.25) is 0 Å². The molecule has 0 unspecified atom stereocenters. The molecule has 5 heteroatoms. The molecule has 1 aliphatic heterocycles. The highest BCUT2D eigenvalue weighted by molar-refractivity contribution is 5.86. The van der Waals surface area contributed by atoms with E-state index in [1.807, 2.05) is 0 Å². The molecule has 0 bridgehead atoms. The van der Waals surface area contributed by atoms with Gasteiger partial charge in [-0.3, -0.25) is 0 Å². The van der Waals surface area contributed by atoms with Crippen molar-refractivity contribution in [3.8, 4) is 11.5 Å². The first kappa shape index (κ1) is 23.8. The highest BCUT2D eigenvalue weighted by atomic mass is 16.5. The van der Waals surface area contributed by atoms with Gasteiger partial charge in [-0.25, -0.2) is 0 Å². The van der Waals surface area contributed by atoms with Crippen LogP contribution in [0.4, 0.5) is 22.7 Å². The Morgan fingerprint density at radius 2 is 1.06 bits per heavy atom. The molecular formula is C29H37N3O2. The van der Waals surface area contributed by atoms with Crippen molar-refractivity contribution >= 4 is 22.7 Å². The molecule has 0 aliphatic carbocycles. The van der Waals surface area contributed by atoms with E-state index in [4.69, 9.17) is 9.47 Å². The van der Waals surface area contributed by atoms with Crippen LogP contribution in [-0.4, -0.2) is 49.5 Å². The molecule has 180 valence electrons. The fraction of sp³-hybridized carbons (Fsp3) is 0.379. The maximum absolute atomic E-state index is 6.06. The number of ether oxygens (including phenoxy) is 2. The Morgan fingerprint density at radius 1 is 0.647 bits per heavy atom. The summed E-state index contributed by atoms with van der Waals surface area (Å²) in [5.41, 5.74) is 12.0. The van der Waals surface area contributed by atoms with E-state index >= 15 is 0 Å². The van der Waals surface area contributed by atoms with Gasteiger partial charge in [0.15, 0.2) is 0 Å². The minimum atomic E-state index is -0.0147. The second kappa shape index (κ2) is 8.79. The Morgan fingerprint density at radius 3 is 1.41 bits per heavy atom. The molecule has 0 amide bonds. The van der Waals surface area contributed by atoms with Crippen molar-refractivity contribution in [3.63, 3.8) is 0 Å². The molecule has 0 spiro atoms. The first-order valence-corrected chi connectivity index (χ1v) is 11.7. The van der Waals surface area contributed by atoms with E-state index in [0.717, 1.165) is 34.2 Å². The standard InChI is InChI=1S/C29H37N3O2/c1-17-11-18(2)26(19(3)12-17)29-27-22(13-20(30(4)5)15-24(27)33-9)32(8)23-14-21(31(6)7)16-25(34-10)28(23)29/h11-16,29H,1-10H3. The number of hydrogen-bond acceptors (Lipinski definition) is 5. The van der Waals surface area contributed by atoms with Gasteiger partial charge >= 0.3 is 0 Å². The summed E-state index contributed by atoms with van der Waals surface area (Å²) in [6.07, 6.45) is 0.